The van der Waals surface area contributed by atoms with Gasteiger partial charge in [0.05, 0.1) is 38.3 Å². The Hall–Kier alpha value is -3.77. The fourth-order valence-electron chi connectivity index (χ4n) is 4.85. The molecule has 9 heteroatoms. The predicted octanol–water partition coefficient (Wildman–Crippen LogP) is 4.47. The van der Waals surface area contributed by atoms with E-state index in [1.165, 1.54) is 14.2 Å². The third-order valence-corrected chi connectivity index (χ3v) is 6.81. The Kier molecular flexibility index (Phi) is 5.21. The number of nitrogens with one attached hydrogen (secondary N) is 1. The van der Waals surface area contributed by atoms with Gasteiger partial charge in [0.25, 0.3) is 0 Å². The number of fused-ring (bicyclic) bond motifs is 2. The van der Waals surface area contributed by atoms with Crippen LogP contribution in [0.3, 0.4) is 0 Å². The lowest BCUT2D eigenvalue weighted by molar-refractivity contribution is -0.288. The number of hydrogen-bond donors (Lipinski definition) is 1. The molecule has 8 nitrogen and oxygen atoms in total. The summed E-state index contributed by atoms with van der Waals surface area (Å²) in [5.41, 5.74) is -3.19. The lowest BCUT2D eigenvalue weighted by Crippen LogP contribution is -2.57. The molecular weight excluding hydrogens is 444 g/mol. The van der Waals surface area contributed by atoms with Gasteiger partial charge in [-0.3, -0.25) is 5.41 Å². The van der Waals surface area contributed by atoms with E-state index in [1.807, 2.05) is 12.1 Å². The van der Waals surface area contributed by atoms with E-state index in [1.54, 1.807) is 49.4 Å². The summed E-state index contributed by atoms with van der Waals surface area (Å²) in [5.74, 6) is -2.21. The zero-order valence-electron chi connectivity index (χ0n) is 18.0. The second-order valence-corrected chi connectivity index (χ2v) is 8.36. The van der Waals surface area contributed by atoms with E-state index < -0.39 is 34.5 Å². The summed E-state index contributed by atoms with van der Waals surface area (Å²) in [6.07, 6.45) is -1.28. The van der Waals surface area contributed by atoms with Gasteiger partial charge in [0.15, 0.2) is 5.41 Å². The minimum Gasteiger partial charge on any atom is -0.497 e. The van der Waals surface area contributed by atoms with Crippen LogP contribution >= 0.6 is 11.6 Å². The van der Waals surface area contributed by atoms with Gasteiger partial charge < -0.3 is 18.9 Å². The van der Waals surface area contributed by atoms with Gasteiger partial charge in [0.1, 0.15) is 17.6 Å². The van der Waals surface area contributed by atoms with Crippen LogP contribution < -0.4 is 9.47 Å². The maximum atomic E-state index is 10.4. The van der Waals surface area contributed by atoms with E-state index in [0.29, 0.717) is 27.6 Å². The number of hydrogen-bond acceptors (Lipinski definition) is 8. The highest BCUT2D eigenvalue weighted by Crippen LogP contribution is 2.69. The van der Waals surface area contributed by atoms with Crippen molar-refractivity contribution in [1.29, 1.82) is 21.2 Å². The van der Waals surface area contributed by atoms with Crippen molar-refractivity contribution in [2.75, 3.05) is 14.2 Å². The van der Waals surface area contributed by atoms with E-state index in [4.69, 9.17) is 36.0 Å². The highest BCUT2D eigenvalue weighted by Gasteiger charge is 2.79. The fraction of sp³-hybridized carbons (Fsp3) is 0.333. The molecule has 2 aromatic rings. The first-order valence-corrected chi connectivity index (χ1v) is 10.3. The van der Waals surface area contributed by atoms with E-state index in [0.717, 1.165) is 0 Å². The Bertz CT molecular complexity index is 1240. The molecule has 166 valence electrons. The minimum absolute atomic E-state index is 0.366. The number of benzene rings is 2. The average Bonchev–Trinajstić information content (AvgIpc) is 3.00. The van der Waals surface area contributed by atoms with Crippen LogP contribution in [-0.2, 0) is 15.3 Å². The second kappa shape index (κ2) is 7.67. The van der Waals surface area contributed by atoms with Crippen molar-refractivity contribution in [2.45, 2.75) is 18.8 Å². The second-order valence-electron chi connectivity index (χ2n) is 7.93. The highest BCUT2D eigenvalue weighted by atomic mass is 35.5. The molecule has 2 heterocycles. The van der Waals surface area contributed by atoms with Crippen molar-refractivity contribution in [3.05, 3.63) is 58.6 Å². The molecule has 2 bridgehead atoms. The fourth-order valence-corrected chi connectivity index (χ4v) is 5.04. The molecule has 0 saturated carbocycles. The predicted molar refractivity (Wildman–Crippen MR) is 116 cm³/mol. The average molecular weight is 463 g/mol. The molecule has 0 amide bonds. The Balaban J connectivity index is 2.06. The summed E-state index contributed by atoms with van der Waals surface area (Å²) in [4.78, 5) is 0. The normalized spacial score (nSPS) is 29.2. The largest absolute Gasteiger partial charge is 0.497 e. The molecule has 2 aliphatic heterocycles. The number of ether oxygens (including phenoxy) is 4. The Morgan fingerprint density at radius 1 is 1.00 bits per heavy atom. The maximum Gasteiger partial charge on any atom is 0.244 e. The summed E-state index contributed by atoms with van der Waals surface area (Å²) in [6.45, 7) is 1.64. The Morgan fingerprint density at radius 3 is 2.15 bits per heavy atom. The van der Waals surface area contributed by atoms with Crippen LogP contribution in [0.1, 0.15) is 24.2 Å². The third kappa shape index (κ3) is 2.74. The molecule has 33 heavy (non-hydrogen) atoms. The number of halogens is 1. The standard InChI is InChI=1S/C24H19ClN4O4/c1-14-23(13-28)21(29)33-24(14,16-5-4-6-17(25)9-16)32-20(22(23,11-26)12-27)15-7-18(30-2)10-19(8-15)31-3/h4-10,14,20,29H,1-3H3. The van der Waals surface area contributed by atoms with Gasteiger partial charge in [0.2, 0.25) is 17.1 Å². The molecule has 0 radical (unpaired) electrons. The van der Waals surface area contributed by atoms with Crippen LogP contribution in [0.4, 0.5) is 0 Å². The Morgan fingerprint density at radius 2 is 1.64 bits per heavy atom. The van der Waals surface area contributed by atoms with Crippen LogP contribution in [0.15, 0.2) is 42.5 Å². The molecule has 2 fully saturated rings. The molecule has 4 rings (SSSR count). The van der Waals surface area contributed by atoms with E-state index in [2.05, 4.69) is 6.07 Å². The molecule has 4 atom stereocenters. The van der Waals surface area contributed by atoms with Crippen molar-refractivity contribution in [3.8, 4) is 29.7 Å². The SMILES string of the molecule is COc1cc(OC)cc(C2OC3(c4cccc(Cl)c4)OC(=N)C(C#N)(C3C)C2(C#N)C#N)c1. The molecule has 0 aromatic heterocycles. The van der Waals surface area contributed by atoms with Gasteiger partial charge in [-0.25, -0.2) is 0 Å². The number of rotatable bonds is 4. The van der Waals surface area contributed by atoms with Crippen molar-refractivity contribution < 1.29 is 18.9 Å². The molecule has 1 N–H and O–H groups in total. The monoisotopic (exact) mass is 462 g/mol. The summed E-state index contributed by atoms with van der Waals surface area (Å²) in [7, 11) is 2.94. The molecule has 4 unspecified atom stereocenters. The van der Waals surface area contributed by atoms with Gasteiger partial charge in [-0.1, -0.05) is 30.7 Å². The van der Waals surface area contributed by atoms with Gasteiger partial charge in [-0.05, 0) is 29.8 Å². The van der Waals surface area contributed by atoms with Crippen molar-refractivity contribution >= 4 is 17.5 Å². The number of nitrogens with zero attached hydrogens (tertiary/aromatic N) is 3. The first-order chi connectivity index (χ1) is 15.8. The topological polar surface area (TPSA) is 132 Å². The summed E-state index contributed by atoms with van der Waals surface area (Å²) >= 11 is 6.22. The lowest BCUT2D eigenvalue weighted by atomic mass is 9.53. The van der Waals surface area contributed by atoms with Crippen molar-refractivity contribution in [2.24, 2.45) is 16.7 Å². The van der Waals surface area contributed by atoms with E-state index in [-0.39, 0.29) is 0 Å². The molecule has 0 aliphatic carbocycles. The van der Waals surface area contributed by atoms with Gasteiger partial charge in [-0.15, -0.1) is 0 Å². The third-order valence-electron chi connectivity index (χ3n) is 6.57. The molecular formula is C24H19ClN4O4. The van der Waals surface area contributed by atoms with Crippen LogP contribution in [-0.4, -0.2) is 20.1 Å². The van der Waals surface area contributed by atoms with Crippen LogP contribution in [0.25, 0.3) is 0 Å². The van der Waals surface area contributed by atoms with Gasteiger partial charge in [0, 0.05) is 16.7 Å². The maximum absolute atomic E-state index is 10.4. The van der Waals surface area contributed by atoms with Crippen LogP contribution in [0, 0.1) is 56.2 Å². The summed E-state index contributed by atoms with van der Waals surface area (Å²) in [6, 6.07) is 17.7. The smallest absolute Gasteiger partial charge is 0.244 e. The zero-order chi connectivity index (χ0) is 24.0. The molecule has 2 aliphatic rings. The lowest BCUT2D eigenvalue weighted by Gasteiger charge is -2.48. The molecule has 0 spiro atoms. The highest BCUT2D eigenvalue weighted by molar-refractivity contribution is 6.30. The van der Waals surface area contributed by atoms with E-state index in [9.17, 15) is 15.8 Å². The summed E-state index contributed by atoms with van der Waals surface area (Å²) < 4.78 is 23.1. The number of methoxy groups -OCH3 is 2. The van der Waals surface area contributed by atoms with Crippen molar-refractivity contribution in [3.63, 3.8) is 0 Å². The minimum atomic E-state index is -2.10. The van der Waals surface area contributed by atoms with Gasteiger partial charge in [-0.2, -0.15) is 15.8 Å². The first-order valence-electron chi connectivity index (χ1n) is 9.97. The Labute approximate surface area is 195 Å². The van der Waals surface area contributed by atoms with Crippen LogP contribution in [0.5, 0.6) is 11.5 Å². The van der Waals surface area contributed by atoms with Gasteiger partial charge >= 0.3 is 0 Å². The van der Waals surface area contributed by atoms with Crippen LogP contribution in [0.2, 0.25) is 5.02 Å². The molecule has 2 aromatic carbocycles. The molecule has 2 saturated heterocycles. The van der Waals surface area contributed by atoms with Crippen molar-refractivity contribution in [1.82, 2.24) is 0 Å². The summed E-state index contributed by atoms with van der Waals surface area (Å²) in [5, 5.41) is 40.1. The first kappa shape index (κ1) is 22.4. The quantitative estimate of drug-likeness (QED) is 0.708. The number of nitriles is 3. The zero-order valence-corrected chi connectivity index (χ0v) is 18.8. The van der Waals surface area contributed by atoms with E-state index >= 15 is 0 Å².